The Morgan fingerprint density at radius 1 is 1.11 bits per heavy atom. The number of ether oxygens (including phenoxy) is 1. The number of hydrogen-bond donors (Lipinski definition) is 2. The van der Waals surface area contributed by atoms with Gasteiger partial charge >= 0.3 is 5.97 Å². The van der Waals surface area contributed by atoms with Gasteiger partial charge in [0.15, 0.2) is 6.04 Å². The zero-order valence-corrected chi connectivity index (χ0v) is 14.3. The highest BCUT2D eigenvalue weighted by molar-refractivity contribution is 5.96. The summed E-state index contributed by atoms with van der Waals surface area (Å²) in [6.07, 6.45) is 0. The highest BCUT2D eigenvalue weighted by Gasteiger charge is 2.20. The molecule has 8 nitrogen and oxygen atoms in total. The molecule has 1 amide bonds. The van der Waals surface area contributed by atoms with Crippen LogP contribution in [0.1, 0.15) is 21.5 Å². The molecular weight excluding hydrogens is 352 g/mol. The predicted molar refractivity (Wildman–Crippen MR) is 95.9 cm³/mol. The van der Waals surface area contributed by atoms with Crippen molar-refractivity contribution < 1.29 is 24.4 Å². The van der Waals surface area contributed by atoms with Crippen molar-refractivity contribution in [3.8, 4) is 11.8 Å². The molecule has 0 unspecified atom stereocenters. The van der Waals surface area contributed by atoms with Crippen molar-refractivity contribution in [2.75, 3.05) is 13.7 Å². The standard InChI is InChI=1S/C19H16N2O6/c1-27-19(24)17(12-22)20-18(23)15-8-4-13(5-9-15)2-3-14-6-10-16(11-7-14)21(25)26/h4-11,17,22H,12H2,1H3,(H,20,23)/t17-/m0/s1. The Hall–Kier alpha value is -3.70. The van der Waals surface area contributed by atoms with Crippen LogP contribution in [0.5, 0.6) is 0 Å². The molecule has 0 spiro atoms. The fourth-order valence-corrected chi connectivity index (χ4v) is 2.08. The maximum absolute atomic E-state index is 12.1. The fraction of sp³-hybridized carbons (Fsp3) is 0.158. The molecule has 0 aliphatic carbocycles. The van der Waals surface area contributed by atoms with Gasteiger partial charge in [0.25, 0.3) is 11.6 Å². The lowest BCUT2D eigenvalue weighted by atomic mass is 10.1. The number of hydrogen-bond acceptors (Lipinski definition) is 6. The zero-order valence-electron chi connectivity index (χ0n) is 14.3. The molecule has 0 aliphatic heterocycles. The molecule has 0 radical (unpaired) electrons. The van der Waals surface area contributed by atoms with Crippen LogP contribution in [0.2, 0.25) is 0 Å². The largest absolute Gasteiger partial charge is 0.467 e. The minimum absolute atomic E-state index is 0.0101. The monoisotopic (exact) mass is 368 g/mol. The van der Waals surface area contributed by atoms with Crippen LogP contribution in [0.3, 0.4) is 0 Å². The first-order chi connectivity index (χ1) is 12.9. The molecule has 2 N–H and O–H groups in total. The Morgan fingerprint density at radius 3 is 2.07 bits per heavy atom. The highest BCUT2D eigenvalue weighted by atomic mass is 16.6. The number of nitro benzene ring substituents is 1. The molecule has 138 valence electrons. The fourth-order valence-electron chi connectivity index (χ4n) is 2.08. The maximum atomic E-state index is 12.1. The lowest BCUT2D eigenvalue weighted by Crippen LogP contribution is -2.44. The number of aliphatic hydroxyl groups excluding tert-OH is 1. The molecule has 2 aromatic carbocycles. The lowest BCUT2D eigenvalue weighted by Gasteiger charge is -2.13. The van der Waals surface area contributed by atoms with E-state index in [2.05, 4.69) is 21.9 Å². The minimum Gasteiger partial charge on any atom is -0.467 e. The molecule has 0 bridgehead atoms. The summed E-state index contributed by atoms with van der Waals surface area (Å²) in [5.74, 6) is 4.49. The van der Waals surface area contributed by atoms with Gasteiger partial charge < -0.3 is 15.2 Å². The molecule has 0 aromatic heterocycles. The molecule has 0 fully saturated rings. The summed E-state index contributed by atoms with van der Waals surface area (Å²) in [6.45, 7) is -0.572. The summed E-state index contributed by atoms with van der Waals surface area (Å²) in [7, 11) is 1.16. The van der Waals surface area contributed by atoms with Crippen molar-refractivity contribution >= 4 is 17.6 Å². The molecule has 0 aliphatic rings. The second kappa shape index (κ2) is 9.12. The van der Waals surface area contributed by atoms with Crippen LogP contribution in [0.15, 0.2) is 48.5 Å². The van der Waals surface area contributed by atoms with Crippen molar-refractivity contribution in [2.45, 2.75) is 6.04 Å². The summed E-state index contributed by atoms with van der Waals surface area (Å²) >= 11 is 0. The Labute approximate surface area is 154 Å². The average Bonchev–Trinajstić information content (AvgIpc) is 2.70. The molecule has 0 saturated heterocycles. The molecular formula is C19H16N2O6. The van der Waals surface area contributed by atoms with E-state index < -0.39 is 29.4 Å². The molecule has 1 atom stereocenters. The van der Waals surface area contributed by atoms with Gasteiger partial charge in [0.05, 0.1) is 18.6 Å². The van der Waals surface area contributed by atoms with Gasteiger partial charge in [-0.05, 0) is 36.4 Å². The van der Waals surface area contributed by atoms with E-state index in [1.807, 2.05) is 0 Å². The van der Waals surface area contributed by atoms with Gasteiger partial charge in [-0.25, -0.2) is 4.79 Å². The summed E-state index contributed by atoms with van der Waals surface area (Å²) in [5.41, 5.74) is 1.53. The zero-order chi connectivity index (χ0) is 19.8. The lowest BCUT2D eigenvalue weighted by molar-refractivity contribution is -0.384. The molecule has 0 heterocycles. The number of aliphatic hydroxyl groups is 1. The molecule has 27 heavy (non-hydrogen) atoms. The average molecular weight is 368 g/mol. The summed E-state index contributed by atoms with van der Waals surface area (Å²) in [6, 6.07) is 11.0. The first-order valence-electron chi connectivity index (χ1n) is 7.80. The van der Waals surface area contributed by atoms with Crippen molar-refractivity contribution in [1.29, 1.82) is 0 Å². The second-order valence-corrected chi connectivity index (χ2v) is 5.36. The molecule has 8 heteroatoms. The number of nitrogens with zero attached hydrogens (tertiary/aromatic N) is 1. The van der Waals surface area contributed by atoms with E-state index in [4.69, 9.17) is 5.11 Å². The molecule has 0 saturated carbocycles. The smallest absolute Gasteiger partial charge is 0.330 e. The third-order valence-electron chi connectivity index (χ3n) is 3.55. The summed E-state index contributed by atoms with van der Waals surface area (Å²) < 4.78 is 4.48. The van der Waals surface area contributed by atoms with Crippen LogP contribution < -0.4 is 5.32 Å². The van der Waals surface area contributed by atoms with Crippen LogP contribution in [-0.2, 0) is 9.53 Å². The van der Waals surface area contributed by atoms with Crippen LogP contribution in [0.25, 0.3) is 0 Å². The quantitative estimate of drug-likeness (QED) is 0.355. The van der Waals surface area contributed by atoms with Crippen LogP contribution in [-0.4, -0.2) is 41.7 Å². The molecule has 2 rings (SSSR count). The van der Waals surface area contributed by atoms with Gasteiger partial charge in [-0.2, -0.15) is 0 Å². The van der Waals surface area contributed by atoms with Gasteiger partial charge in [-0.3, -0.25) is 14.9 Å². The number of rotatable bonds is 5. The first kappa shape index (κ1) is 19.6. The number of benzene rings is 2. The van der Waals surface area contributed by atoms with Gasteiger partial charge in [0.2, 0.25) is 0 Å². The number of amides is 1. The summed E-state index contributed by atoms with van der Waals surface area (Å²) in [4.78, 5) is 33.6. The van der Waals surface area contributed by atoms with E-state index in [9.17, 15) is 19.7 Å². The van der Waals surface area contributed by atoms with Gasteiger partial charge in [-0.15, -0.1) is 0 Å². The van der Waals surface area contributed by atoms with Crippen LogP contribution >= 0.6 is 0 Å². The Kier molecular flexibility index (Phi) is 6.63. The second-order valence-electron chi connectivity index (χ2n) is 5.36. The normalized spacial score (nSPS) is 10.9. The predicted octanol–water partition coefficient (Wildman–Crippen LogP) is 1.26. The van der Waals surface area contributed by atoms with Gasteiger partial charge in [-0.1, -0.05) is 11.8 Å². The Bertz CT molecular complexity index is 895. The van der Waals surface area contributed by atoms with Crippen molar-refractivity contribution in [3.63, 3.8) is 0 Å². The van der Waals surface area contributed by atoms with Crippen molar-refractivity contribution in [1.82, 2.24) is 5.32 Å². The van der Waals surface area contributed by atoms with Crippen molar-refractivity contribution in [3.05, 3.63) is 75.3 Å². The van der Waals surface area contributed by atoms with Crippen molar-refractivity contribution in [2.24, 2.45) is 0 Å². The third-order valence-corrected chi connectivity index (χ3v) is 3.55. The number of carbonyl (C=O) groups excluding carboxylic acids is 2. The van der Waals surface area contributed by atoms with Crippen LogP contribution in [0.4, 0.5) is 5.69 Å². The van der Waals surface area contributed by atoms with Gasteiger partial charge in [0.1, 0.15) is 0 Å². The third kappa shape index (κ3) is 5.39. The SMILES string of the molecule is COC(=O)[C@H](CO)NC(=O)c1ccc(C#Cc2ccc([N+](=O)[O-])cc2)cc1. The van der Waals surface area contributed by atoms with E-state index in [1.165, 1.54) is 24.3 Å². The Balaban J connectivity index is 2.06. The maximum Gasteiger partial charge on any atom is 0.330 e. The number of methoxy groups -OCH3 is 1. The number of carbonyl (C=O) groups is 2. The number of non-ortho nitro benzene ring substituents is 1. The highest BCUT2D eigenvalue weighted by Crippen LogP contribution is 2.11. The summed E-state index contributed by atoms with van der Waals surface area (Å²) in [5, 5.41) is 22.1. The van der Waals surface area contributed by atoms with Gasteiger partial charge in [0, 0.05) is 28.8 Å². The van der Waals surface area contributed by atoms with E-state index >= 15 is 0 Å². The number of esters is 1. The van der Waals surface area contributed by atoms with E-state index in [0.717, 1.165) is 7.11 Å². The van der Waals surface area contributed by atoms with Crippen LogP contribution in [0, 0.1) is 22.0 Å². The topological polar surface area (TPSA) is 119 Å². The van der Waals surface area contributed by atoms with E-state index in [1.54, 1.807) is 24.3 Å². The number of nitro groups is 1. The Morgan fingerprint density at radius 2 is 1.63 bits per heavy atom. The van der Waals surface area contributed by atoms with E-state index in [-0.39, 0.29) is 5.69 Å². The molecule has 2 aromatic rings. The number of nitrogens with one attached hydrogen (secondary N) is 1. The minimum atomic E-state index is -1.14. The first-order valence-corrected chi connectivity index (χ1v) is 7.80. The van der Waals surface area contributed by atoms with E-state index in [0.29, 0.717) is 16.7 Å².